The van der Waals surface area contributed by atoms with Crippen LogP contribution >= 0.6 is 0 Å². The highest BCUT2D eigenvalue weighted by molar-refractivity contribution is 5.98. The van der Waals surface area contributed by atoms with Gasteiger partial charge in [0.25, 0.3) is 0 Å². The third-order valence-corrected chi connectivity index (χ3v) is 3.03. The number of rotatable bonds is 1. The first-order valence-electron chi connectivity index (χ1n) is 6.48. The van der Waals surface area contributed by atoms with Crippen molar-refractivity contribution < 1.29 is 9.53 Å². The lowest BCUT2D eigenvalue weighted by atomic mass is 9.96. The third-order valence-electron chi connectivity index (χ3n) is 3.03. The second-order valence-corrected chi connectivity index (χ2v) is 5.82. The topological polar surface area (TPSA) is 38.3 Å². The fourth-order valence-electron chi connectivity index (χ4n) is 2.24. The molecule has 1 aliphatic heterocycles. The molecule has 0 saturated heterocycles. The minimum atomic E-state index is -0.457. The van der Waals surface area contributed by atoms with Crippen LogP contribution in [0.4, 0.5) is 5.69 Å². The number of aryl methyl sites for hydroxylation is 2. The molecule has 0 aromatic heterocycles. The largest absolute Gasteiger partial charge is 0.456 e. The SMILES string of the molecule is Cc1ccc2c(c1C(=O)OC(C)(C)C)NCCC2. The Morgan fingerprint density at radius 1 is 1.33 bits per heavy atom. The van der Waals surface area contributed by atoms with Crippen LogP contribution in [0.15, 0.2) is 12.1 Å². The zero-order chi connectivity index (χ0) is 13.3. The van der Waals surface area contributed by atoms with Crippen LogP contribution < -0.4 is 5.32 Å². The summed E-state index contributed by atoms with van der Waals surface area (Å²) in [5.74, 6) is -0.230. The van der Waals surface area contributed by atoms with E-state index in [1.807, 2.05) is 33.8 Å². The van der Waals surface area contributed by atoms with Crippen LogP contribution in [0.1, 0.15) is 48.7 Å². The van der Waals surface area contributed by atoms with Gasteiger partial charge < -0.3 is 10.1 Å². The predicted molar refractivity (Wildman–Crippen MR) is 73.2 cm³/mol. The van der Waals surface area contributed by atoms with Crippen molar-refractivity contribution in [3.63, 3.8) is 0 Å². The van der Waals surface area contributed by atoms with Crippen molar-refractivity contribution in [2.75, 3.05) is 11.9 Å². The van der Waals surface area contributed by atoms with E-state index in [0.717, 1.165) is 30.6 Å². The number of carbonyl (C=O) groups excluding carboxylic acids is 1. The Hall–Kier alpha value is -1.51. The fraction of sp³-hybridized carbons (Fsp3) is 0.533. The van der Waals surface area contributed by atoms with E-state index >= 15 is 0 Å². The first kappa shape index (κ1) is 12.9. The molecule has 0 atom stereocenters. The molecule has 0 fully saturated rings. The molecular weight excluding hydrogens is 226 g/mol. The van der Waals surface area contributed by atoms with E-state index < -0.39 is 5.60 Å². The average Bonchev–Trinajstić information content (AvgIpc) is 2.26. The zero-order valence-corrected chi connectivity index (χ0v) is 11.6. The molecule has 0 amide bonds. The van der Waals surface area contributed by atoms with E-state index in [2.05, 4.69) is 11.4 Å². The fourth-order valence-corrected chi connectivity index (χ4v) is 2.24. The molecule has 3 heteroatoms. The summed E-state index contributed by atoms with van der Waals surface area (Å²) in [5, 5.41) is 3.34. The number of benzene rings is 1. The zero-order valence-electron chi connectivity index (χ0n) is 11.6. The van der Waals surface area contributed by atoms with Crippen molar-refractivity contribution in [3.05, 3.63) is 28.8 Å². The Balaban J connectivity index is 2.40. The maximum absolute atomic E-state index is 12.3. The van der Waals surface area contributed by atoms with Gasteiger partial charge in [-0.05, 0) is 51.7 Å². The van der Waals surface area contributed by atoms with Crippen LogP contribution in [0.2, 0.25) is 0 Å². The molecule has 1 aromatic rings. The van der Waals surface area contributed by atoms with Gasteiger partial charge in [0.15, 0.2) is 0 Å². The van der Waals surface area contributed by atoms with Crippen molar-refractivity contribution in [1.82, 2.24) is 0 Å². The summed E-state index contributed by atoms with van der Waals surface area (Å²) in [5.41, 5.74) is 3.39. The van der Waals surface area contributed by atoms with Crippen LogP contribution in [-0.4, -0.2) is 18.1 Å². The molecule has 18 heavy (non-hydrogen) atoms. The van der Waals surface area contributed by atoms with E-state index in [0.29, 0.717) is 5.56 Å². The van der Waals surface area contributed by atoms with Crippen molar-refractivity contribution in [3.8, 4) is 0 Å². The van der Waals surface area contributed by atoms with Crippen LogP contribution in [0.3, 0.4) is 0 Å². The van der Waals surface area contributed by atoms with Gasteiger partial charge in [0.1, 0.15) is 5.60 Å². The summed E-state index contributed by atoms with van der Waals surface area (Å²) in [6.45, 7) is 8.55. The van der Waals surface area contributed by atoms with Crippen LogP contribution in [0.5, 0.6) is 0 Å². The molecule has 0 aliphatic carbocycles. The molecule has 98 valence electrons. The molecule has 1 N–H and O–H groups in total. The number of hydrogen-bond donors (Lipinski definition) is 1. The summed E-state index contributed by atoms with van der Waals surface area (Å²) in [7, 11) is 0. The molecule has 3 nitrogen and oxygen atoms in total. The number of nitrogens with one attached hydrogen (secondary N) is 1. The van der Waals surface area contributed by atoms with Gasteiger partial charge in [0, 0.05) is 6.54 Å². The van der Waals surface area contributed by atoms with Gasteiger partial charge in [-0.2, -0.15) is 0 Å². The number of fused-ring (bicyclic) bond motifs is 1. The third kappa shape index (κ3) is 2.66. The van der Waals surface area contributed by atoms with Crippen LogP contribution in [0, 0.1) is 6.92 Å². The molecule has 1 aliphatic rings. The number of anilines is 1. The van der Waals surface area contributed by atoms with E-state index in [-0.39, 0.29) is 5.97 Å². The van der Waals surface area contributed by atoms with Crippen molar-refractivity contribution in [2.45, 2.75) is 46.1 Å². The van der Waals surface area contributed by atoms with Gasteiger partial charge in [-0.25, -0.2) is 4.79 Å². The number of carbonyl (C=O) groups is 1. The lowest BCUT2D eigenvalue weighted by Gasteiger charge is -2.25. The first-order valence-corrected chi connectivity index (χ1v) is 6.48. The molecular formula is C15H21NO2. The maximum atomic E-state index is 12.3. The predicted octanol–water partition coefficient (Wildman–Crippen LogP) is 3.31. The van der Waals surface area contributed by atoms with E-state index in [9.17, 15) is 4.79 Å². The van der Waals surface area contributed by atoms with Crippen molar-refractivity contribution >= 4 is 11.7 Å². The summed E-state index contributed by atoms with van der Waals surface area (Å²) < 4.78 is 5.49. The summed E-state index contributed by atoms with van der Waals surface area (Å²) in [4.78, 5) is 12.3. The average molecular weight is 247 g/mol. The Morgan fingerprint density at radius 3 is 2.72 bits per heavy atom. The summed E-state index contributed by atoms with van der Waals surface area (Å²) >= 11 is 0. The molecule has 0 unspecified atom stereocenters. The lowest BCUT2D eigenvalue weighted by molar-refractivity contribution is 0.00697. The van der Waals surface area contributed by atoms with Gasteiger partial charge in [0.05, 0.1) is 11.3 Å². The molecule has 0 radical (unpaired) electrons. The van der Waals surface area contributed by atoms with Gasteiger partial charge in [0.2, 0.25) is 0 Å². The van der Waals surface area contributed by atoms with E-state index in [4.69, 9.17) is 4.74 Å². The van der Waals surface area contributed by atoms with Crippen molar-refractivity contribution in [1.29, 1.82) is 0 Å². The highest BCUT2D eigenvalue weighted by Crippen LogP contribution is 2.30. The lowest BCUT2D eigenvalue weighted by Crippen LogP contribution is -2.26. The Kier molecular flexibility index (Phi) is 3.33. The molecule has 0 spiro atoms. The minimum Gasteiger partial charge on any atom is -0.456 e. The maximum Gasteiger partial charge on any atom is 0.341 e. The second-order valence-electron chi connectivity index (χ2n) is 5.82. The van der Waals surface area contributed by atoms with Gasteiger partial charge in [-0.1, -0.05) is 12.1 Å². The molecule has 0 saturated carbocycles. The highest BCUT2D eigenvalue weighted by atomic mass is 16.6. The van der Waals surface area contributed by atoms with Gasteiger partial charge >= 0.3 is 5.97 Å². The molecule has 1 heterocycles. The van der Waals surface area contributed by atoms with Crippen LogP contribution in [0.25, 0.3) is 0 Å². The van der Waals surface area contributed by atoms with E-state index in [1.165, 1.54) is 5.56 Å². The first-order chi connectivity index (χ1) is 8.38. The Bertz CT molecular complexity index is 472. The van der Waals surface area contributed by atoms with Gasteiger partial charge in [-0.15, -0.1) is 0 Å². The molecule has 1 aromatic carbocycles. The molecule has 2 rings (SSSR count). The Labute approximate surface area is 109 Å². The minimum absolute atomic E-state index is 0.230. The van der Waals surface area contributed by atoms with Crippen LogP contribution in [-0.2, 0) is 11.2 Å². The molecule has 0 bridgehead atoms. The second kappa shape index (κ2) is 4.63. The highest BCUT2D eigenvalue weighted by Gasteiger charge is 2.24. The summed E-state index contributed by atoms with van der Waals surface area (Å²) in [6.07, 6.45) is 2.14. The quantitative estimate of drug-likeness (QED) is 0.774. The number of ether oxygens (including phenoxy) is 1. The van der Waals surface area contributed by atoms with Crippen molar-refractivity contribution in [2.24, 2.45) is 0 Å². The number of hydrogen-bond acceptors (Lipinski definition) is 3. The van der Waals surface area contributed by atoms with E-state index in [1.54, 1.807) is 0 Å². The number of esters is 1. The Morgan fingerprint density at radius 2 is 2.06 bits per heavy atom. The normalized spacial score (nSPS) is 14.7. The summed E-state index contributed by atoms with van der Waals surface area (Å²) in [6, 6.07) is 4.11. The smallest absolute Gasteiger partial charge is 0.341 e. The standard InChI is InChI=1S/C15H21NO2/c1-10-7-8-11-6-5-9-16-13(11)12(10)14(17)18-15(2,3)4/h7-8,16H,5-6,9H2,1-4H3. The van der Waals surface area contributed by atoms with Gasteiger partial charge in [-0.3, -0.25) is 0 Å². The monoisotopic (exact) mass is 247 g/mol.